The Morgan fingerprint density at radius 2 is 1.80 bits per heavy atom. The first-order valence-corrected chi connectivity index (χ1v) is 13.6. The van der Waals surface area contributed by atoms with Crippen molar-refractivity contribution in [2.45, 2.75) is 69.3 Å². The van der Waals surface area contributed by atoms with E-state index in [-0.39, 0.29) is 17.6 Å². The summed E-state index contributed by atoms with van der Waals surface area (Å²) in [5.41, 5.74) is 3.60. The monoisotopic (exact) mass is 531 g/mol. The van der Waals surface area contributed by atoms with E-state index in [0.29, 0.717) is 35.7 Å². The molecule has 0 saturated heterocycles. The van der Waals surface area contributed by atoms with Gasteiger partial charge in [-0.2, -0.15) is 0 Å². The SMILES string of the molecule is CC#C[C@]1(O)CC[C@H]2[C@@H]3CCC4=CC(=O)CCC4=C3[C@@](Cl)(c3cc(Cl)c(N(C)C)c(Cl)c3)C[C@@]21C. The van der Waals surface area contributed by atoms with E-state index in [1.54, 1.807) is 6.92 Å². The third-order valence-corrected chi connectivity index (χ3v) is 10.3. The lowest BCUT2D eigenvalue weighted by atomic mass is 9.51. The standard InChI is InChI=1S/C29H32Cl3NO2/c1-5-11-28(35)12-10-22-21-8-6-17-13-19(34)7-9-20(17)25(21)29(32,16-27(22,28)2)18-14-23(30)26(33(3)4)24(31)15-18/h13-15,21-22,35H,6-10,12,16H2,1-4H3/t21-,22-,27-,28-,29-/m0/s1. The lowest BCUT2D eigenvalue weighted by molar-refractivity contribution is -0.114. The molecule has 186 valence electrons. The molecular weight excluding hydrogens is 501 g/mol. The van der Waals surface area contributed by atoms with Crippen LogP contribution in [0.25, 0.3) is 0 Å². The smallest absolute Gasteiger partial charge is 0.156 e. The van der Waals surface area contributed by atoms with Crippen molar-refractivity contribution in [1.82, 2.24) is 0 Å². The van der Waals surface area contributed by atoms with Gasteiger partial charge in [-0.1, -0.05) is 36.0 Å². The normalized spacial score (nSPS) is 36.0. The molecule has 0 spiro atoms. The molecule has 1 aromatic carbocycles. The number of carbonyl (C=O) groups excluding carboxylic acids is 1. The molecule has 0 heterocycles. The summed E-state index contributed by atoms with van der Waals surface area (Å²) in [5.74, 6) is 6.84. The molecule has 1 aromatic rings. The summed E-state index contributed by atoms with van der Waals surface area (Å²) >= 11 is 21.4. The van der Waals surface area contributed by atoms with Crippen LogP contribution < -0.4 is 4.90 Å². The predicted octanol–water partition coefficient (Wildman–Crippen LogP) is 7.06. The van der Waals surface area contributed by atoms with Crippen LogP contribution in [0.1, 0.15) is 64.4 Å². The second kappa shape index (κ2) is 8.56. The molecule has 0 unspecified atom stereocenters. The molecule has 4 aliphatic carbocycles. The lowest BCUT2D eigenvalue weighted by Gasteiger charge is -2.56. The molecule has 0 amide bonds. The number of halogens is 3. The minimum absolute atomic E-state index is 0.193. The number of allylic oxidation sites excluding steroid dienone is 4. The molecular formula is C29H32Cl3NO2. The molecule has 0 aromatic heterocycles. The zero-order valence-electron chi connectivity index (χ0n) is 20.8. The Morgan fingerprint density at radius 1 is 1.11 bits per heavy atom. The third kappa shape index (κ3) is 3.63. The number of hydrogen-bond donors (Lipinski definition) is 1. The molecule has 35 heavy (non-hydrogen) atoms. The highest BCUT2D eigenvalue weighted by Gasteiger charge is 2.66. The fourth-order valence-electron chi connectivity index (χ4n) is 7.60. The van der Waals surface area contributed by atoms with Crippen molar-refractivity contribution in [1.29, 1.82) is 0 Å². The van der Waals surface area contributed by atoms with Crippen LogP contribution in [0, 0.1) is 29.1 Å². The average molecular weight is 533 g/mol. The van der Waals surface area contributed by atoms with Gasteiger partial charge in [-0.25, -0.2) is 0 Å². The molecule has 2 fully saturated rings. The maximum Gasteiger partial charge on any atom is 0.156 e. The van der Waals surface area contributed by atoms with Crippen LogP contribution in [0.5, 0.6) is 0 Å². The van der Waals surface area contributed by atoms with Crippen molar-refractivity contribution >= 4 is 46.3 Å². The summed E-state index contributed by atoms with van der Waals surface area (Å²) in [7, 11) is 3.82. The van der Waals surface area contributed by atoms with Crippen LogP contribution in [0.15, 0.2) is 34.9 Å². The Hall–Kier alpha value is -1.44. The number of alkyl halides is 1. The van der Waals surface area contributed by atoms with Crippen LogP contribution in [0.2, 0.25) is 10.0 Å². The lowest BCUT2D eigenvalue weighted by Crippen LogP contribution is -2.55. The summed E-state index contributed by atoms with van der Waals surface area (Å²) in [6.45, 7) is 3.95. The molecule has 5 rings (SSSR count). The van der Waals surface area contributed by atoms with E-state index in [0.717, 1.165) is 36.1 Å². The molecule has 2 saturated carbocycles. The number of fused-ring (bicyclic) bond motifs is 4. The van der Waals surface area contributed by atoms with E-state index in [4.69, 9.17) is 34.8 Å². The van der Waals surface area contributed by atoms with Gasteiger partial charge in [0.2, 0.25) is 0 Å². The average Bonchev–Trinajstić information content (AvgIpc) is 3.02. The Morgan fingerprint density at radius 3 is 2.43 bits per heavy atom. The molecule has 1 N–H and O–H groups in total. The molecule has 5 atom stereocenters. The van der Waals surface area contributed by atoms with Gasteiger partial charge in [0, 0.05) is 25.9 Å². The Bertz CT molecular complexity index is 1220. The van der Waals surface area contributed by atoms with Crippen LogP contribution in [0.3, 0.4) is 0 Å². The third-order valence-electron chi connectivity index (χ3n) is 9.12. The van der Waals surface area contributed by atoms with Gasteiger partial charge in [0.15, 0.2) is 5.78 Å². The first-order chi connectivity index (χ1) is 16.4. The van der Waals surface area contributed by atoms with Crippen LogP contribution >= 0.6 is 34.8 Å². The second-order valence-corrected chi connectivity index (χ2v) is 12.6. The predicted molar refractivity (Wildman–Crippen MR) is 144 cm³/mol. The van der Waals surface area contributed by atoms with Gasteiger partial charge in [0.05, 0.1) is 20.6 Å². The van der Waals surface area contributed by atoms with Crippen molar-refractivity contribution < 1.29 is 9.90 Å². The highest BCUT2D eigenvalue weighted by atomic mass is 35.5. The Balaban J connectivity index is 1.78. The fourth-order valence-corrected chi connectivity index (χ4v) is 9.06. The molecule has 0 radical (unpaired) electrons. The van der Waals surface area contributed by atoms with Gasteiger partial charge in [0.25, 0.3) is 0 Å². The van der Waals surface area contributed by atoms with Crippen LogP contribution in [-0.2, 0) is 9.67 Å². The van der Waals surface area contributed by atoms with Crippen molar-refractivity contribution in [3.05, 3.63) is 50.5 Å². The van der Waals surface area contributed by atoms with Gasteiger partial charge in [0.1, 0.15) is 5.60 Å². The summed E-state index contributed by atoms with van der Waals surface area (Å²) in [4.78, 5) is 13.3. The highest BCUT2D eigenvalue weighted by molar-refractivity contribution is 6.39. The largest absolute Gasteiger partial charge is 0.377 e. The minimum atomic E-state index is -1.10. The van der Waals surface area contributed by atoms with Crippen molar-refractivity contribution in [2.75, 3.05) is 19.0 Å². The number of hydrogen-bond acceptors (Lipinski definition) is 3. The summed E-state index contributed by atoms with van der Waals surface area (Å²) in [6, 6.07) is 3.88. The zero-order valence-corrected chi connectivity index (χ0v) is 23.0. The first-order valence-electron chi connectivity index (χ1n) is 12.4. The van der Waals surface area contributed by atoms with E-state index < -0.39 is 15.9 Å². The molecule has 4 aliphatic rings. The van der Waals surface area contributed by atoms with Gasteiger partial charge in [-0.15, -0.1) is 17.5 Å². The Kier molecular flexibility index (Phi) is 6.17. The van der Waals surface area contributed by atoms with E-state index in [1.165, 1.54) is 11.1 Å². The maximum atomic E-state index is 12.3. The maximum absolute atomic E-state index is 12.3. The van der Waals surface area contributed by atoms with Gasteiger partial charge in [-0.3, -0.25) is 4.79 Å². The first kappa shape index (κ1) is 25.2. The number of anilines is 1. The van der Waals surface area contributed by atoms with Crippen LogP contribution in [0.4, 0.5) is 5.69 Å². The number of carbonyl (C=O) groups is 1. The minimum Gasteiger partial charge on any atom is -0.377 e. The molecule has 3 nitrogen and oxygen atoms in total. The van der Waals surface area contributed by atoms with Gasteiger partial charge >= 0.3 is 0 Å². The summed E-state index contributed by atoms with van der Waals surface area (Å²) in [5, 5.41) is 12.9. The van der Waals surface area contributed by atoms with Gasteiger partial charge in [-0.05, 0) is 97.8 Å². The number of rotatable bonds is 2. The quantitative estimate of drug-likeness (QED) is 0.327. The fraction of sp³-hybridized carbons (Fsp3) is 0.552. The number of ketones is 1. The molecule has 0 aliphatic heterocycles. The molecule has 6 heteroatoms. The number of aliphatic hydroxyl groups is 1. The number of nitrogens with zero attached hydrogens (tertiary/aromatic N) is 1. The summed E-state index contributed by atoms with van der Waals surface area (Å²) < 4.78 is 0. The topological polar surface area (TPSA) is 40.5 Å². The van der Waals surface area contributed by atoms with E-state index in [2.05, 4.69) is 18.8 Å². The highest BCUT2D eigenvalue weighted by Crippen LogP contribution is 2.69. The van der Waals surface area contributed by atoms with E-state index in [9.17, 15) is 9.90 Å². The van der Waals surface area contributed by atoms with Gasteiger partial charge < -0.3 is 10.0 Å². The second-order valence-electron chi connectivity index (χ2n) is 11.1. The van der Waals surface area contributed by atoms with Crippen molar-refractivity contribution in [3.63, 3.8) is 0 Å². The summed E-state index contributed by atoms with van der Waals surface area (Å²) in [6.07, 6.45) is 6.92. The van der Waals surface area contributed by atoms with E-state index >= 15 is 0 Å². The van der Waals surface area contributed by atoms with E-state index in [1.807, 2.05) is 37.2 Å². The number of benzene rings is 1. The van der Waals surface area contributed by atoms with Crippen molar-refractivity contribution in [2.24, 2.45) is 17.3 Å². The Labute approximate surface area is 223 Å². The molecule has 0 bridgehead atoms. The van der Waals surface area contributed by atoms with Crippen molar-refractivity contribution in [3.8, 4) is 11.8 Å². The zero-order chi connectivity index (χ0) is 25.3. The van der Waals surface area contributed by atoms with Crippen LogP contribution in [-0.4, -0.2) is 30.6 Å².